The van der Waals surface area contributed by atoms with Gasteiger partial charge in [-0.05, 0) is 62.1 Å². The number of aliphatic hydroxyl groups excluding tert-OH is 1. The Hall–Kier alpha value is -2.00. The molecule has 0 amide bonds. The van der Waals surface area contributed by atoms with Gasteiger partial charge in [-0.3, -0.25) is 0 Å². The van der Waals surface area contributed by atoms with Crippen molar-refractivity contribution in [2.24, 2.45) is 0 Å². The Bertz CT molecular complexity index is 635. The Morgan fingerprint density at radius 3 is 2.00 bits per heavy atom. The van der Waals surface area contributed by atoms with Gasteiger partial charge in [0.2, 0.25) is 0 Å². The summed E-state index contributed by atoms with van der Waals surface area (Å²) in [6, 6.07) is 12.1. The molecule has 1 N–H and O–H groups in total. The lowest BCUT2D eigenvalue weighted by atomic mass is 10.1. The lowest BCUT2D eigenvalue weighted by Gasteiger charge is -2.20. The summed E-state index contributed by atoms with van der Waals surface area (Å²) < 4.78 is 11.7. The van der Waals surface area contributed by atoms with E-state index in [-0.39, 0.29) is 12.7 Å². The summed E-state index contributed by atoms with van der Waals surface area (Å²) in [6.45, 7) is 8.28. The molecular weight excluding hydrogens is 276 g/mol. The van der Waals surface area contributed by atoms with Crippen LogP contribution in [0.3, 0.4) is 0 Å². The lowest BCUT2D eigenvalue weighted by molar-refractivity contribution is 0.0710. The molecule has 118 valence electrons. The van der Waals surface area contributed by atoms with Crippen molar-refractivity contribution in [3.05, 3.63) is 58.7 Å². The maximum absolute atomic E-state index is 9.54. The van der Waals surface area contributed by atoms with Crippen molar-refractivity contribution in [1.29, 1.82) is 0 Å². The molecule has 3 heteroatoms. The molecule has 0 heterocycles. The minimum Gasteiger partial charge on any atom is -0.489 e. The number of aliphatic hydroxyl groups is 1. The fourth-order valence-corrected chi connectivity index (χ4v) is 2.18. The highest BCUT2D eigenvalue weighted by atomic mass is 16.5. The zero-order valence-electron chi connectivity index (χ0n) is 13.7. The second-order valence-corrected chi connectivity index (χ2v) is 5.77. The van der Waals surface area contributed by atoms with Gasteiger partial charge in [-0.15, -0.1) is 0 Å². The topological polar surface area (TPSA) is 38.7 Å². The number of aryl methyl sites for hydroxylation is 4. The van der Waals surface area contributed by atoms with Crippen LogP contribution in [0, 0.1) is 27.7 Å². The van der Waals surface area contributed by atoms with E-state index in [0.29, 0.717) is 6.61 Å². The van der Waals surface area contributed by atoms with Crippen molar-refractivity contribution < 1.29 is 14.6 Å². The molecule has 0 spiro atoms. The Morgan fingerprint density at radius 2 is 1.41 bits per heavy atom. The van der Waals surface area contributed by atoms with E-state index in [1.165, 1.54) is 0 Å². The fourth-order valence-electron chi connectivity index (χ4n) is 2.18. The van der Waals surface area contributed by atoms with E-state index in [4.69, 9.17) is 9.47 Å². The summed E-state index contributed by atoms with van der Waals surface area (Å²) in [6.07, 6.45) is -0.389. The highest BCUT2D eigenvalue weighted by Crippen LogP contribution is 2.22. The van der Waals surface area contributed by atoms with Gasteiger partial charge in [-0.25, -0.2) is 0 Å². The van der Waals surface area contributed by atoms with E-state index >= 15 is 0 Å². The monoisotopic (exact) mass is 300 g/mol. The van der Waals surface area contributed by atoms with Crippen molar-refractivity contribution in [3.8, 4) is 11.5 Å². The maximum atomic E-state index is 9.54. The predicted octanol–water partition coefficient (Wildman–Crippen LogP) is 3.74. The molecule has 3 nitrogen and oxygen atoms in total. The first-order chi connectivity index (χ1) is 10.5. The molecule has 1 atom stereocenters. The van der Waals surface area contributed by atoms with Gasteiger partial charge >= 0.3 is 0 Å². The molecule has 0 aliphatic rings. The summed E-state index contributed by atoms with van der Waals surface area (Å²) in [5.74, 6) is 1.63. The van der Waals surface area contributed by atoms with Gasteiger partial charge in [-0.2, -0.15) is 0 Å². The van der Waals surface area contributed by atoms with Crippen molar-refractivity contribution in [2.45, 2.75) is 33.8 Å². The molecule has 0 saturated heterocycles. The number of rotatable bonds is 6. The number of benzene rings is 2. The van der Waals surface area contributed by atoms with Crippen LogP contribution in [0.4, 0.5) is 0 Å². The number of hydrogen-bond donors (Lipinski definition) is 1. The Balaban J connectivity index is 2.03. The van der Waals surface area contributed by atoms with Gasteiger partial charge in [0, 0.05) is 0 Å². The van der Waals surface area contributed by atoms with Gasteiger partial charge in [-0.1, -0.05) is 24.3 Å². The first-order valence-corrected chi connectivity index (χ1v) is 7.54. The van der Waals surface area contributed by atoms with Crippen molar-refractivity contribution in [3.63, 3.8) is 0 Å². The molecule has 2 aromatic rings. The van der Waals surface area contributed by atoms with E-state index in [1.807, 2.05) is 58.0 Å². The van der Waals surface area contributed by atoms with Gasteiger partial charge in [0.15, 0.2) is 6.10 Å². The summed E-state index contributed by atoms with van der Waals surface area (Å²) in [5, 5.41) is 9.54. The SMILES string of the molecule is Cc1ccc(C)c(OCC(CO)Oc2cc(C)ccc2C)c1. The molecule has 0 radical (unpaired) electrons. The van der Waals surface area contributed by atoms with Crippen molar-refractivity contribution in [1.82, 2.24) is 0 Å². The Morgan fingerprint density at radius 1 is 0.864 bits per heavy atom. The normalized spacial score (nSPS) is 12.0. The van der Waals surface area contributed by atoms with Crippen molar-refractivity contribution >= 4 is 0 Å². The van der Waals surface area contributed by atoms with Crippen LogP contribution in [0.1, 0.15) is 22.3 Å². The molecule has 0 fully saturated rings. The highest BCUT2D eigenvalue weighted by molar-refractivity contribution is 5.37. The number of hydrogen-bond acceptors (Lipinski definition) is 3. The molecule has 1 unspecified atom stereocenters. The molecule has 2 rings (SSSR count). The number of ether oxygens (including phenoxy) is 2. The molecular formula is C19H24O3. The van der Waals surface area contributed by atoms with Crippen LogP contribution in [0.2, 0.25) is 0 Å². The van der Waals surface area contributed by atoms with Gasteiger partial charge < -0.3 is 14.6 Å². The molecule has 0 aromatic heterocycles. The van der Waals surface area contributed by atoms with E-state index < -0.39 is 0 Å². The van der Waals surface area contributed by atoms with Gasteiger partial charge in [0.05, 0.1) is 6.61 Å². The second kappa shape index (κ2) is 7.32. The smallest absolute Gasteiger partial charge is 0.155 e. The summed E-state index contributed by atoms with van der Waals surface area (Å²) in [7, 11) is 0. The van der Waals surface area contributed by atoms with Gasteiger partial charge in [0.25, 0.3) is 0 Å². The van der Waals surface area contributed by atoms with Crippen LogP contribution in [0.5, 0.6) is 11.5 Å². The fraction of sp³-hybridized carbons (Fsp3) is 0.368. The van der Waals surface area contributed by atoms with E-state index in [1.54, 1.807) is 0 Å². The van der Waals surface area contributed by atoms with Crippen LogP contribution in [-0.4, -0.2) is 24.4 Å². The first-order valence-electron chi connectivity index (χ1n) is 7.54. The molecule has 2 aromatic carbocycles. The third-order valence-corrected chi connectivity index (χ3v) is 3.61. The van der Waals surface area contributed by atoms with Crippen LogP contribution < -0.4 is 9.47 Å². The molecule has 0 bridgehead atoms. The Labute approximate surface area is 132 Å². The lowest BCUT2D eigenvalue weighted by Crippen LogP contribution is -2.29. The second-order valence-electron chi connectivity index (χ2n) is 5.77. The average molecular weight is 300 g/mol. The van der Waals surface area contributed by atoms with E-state index in [2.05, 4.69) is 6.07 Å². The van der Waals surface area contributed by atoms with Crippen LogP contribution >= 0.6 is 0 Å². The largest absolute Gasteiger partial charge is 0.489 e. The van der Waals surface area contributed by atoms with Gasteiger partial charge in [0.1, 0.15) is 18.1 Å². The quantitative estimate of drug-likeness (QED) is 0.883. The third kappa shape index (κ3) is 4.25. The molecule has 22 heavy (non-hydrogen) atoms. The first kappa shape index (κ1) is 16.4. The minimum absolute atomic E-state index is 0.0851. The maximum Gasteiger partial charge on any atom is 0.155 e. The summed E-state index contributed by atoms with van der Waals surface area (Å²) >= 11 is 0. The van der Waals surface area contributed by atoms with Crippen molar-refractivity contribution in [2.75, 3.05) is 13.2 Å². The zero-order valence-corrected chi connectivity index (χ0v) is 13.7. The van der Waals surface area contributed by atoms with Crippen LogP contribution in [0.15, 0.2) is 36.4 Å². The predicted molar refractivity (Wildman–Crippen MR) is 88.8 cm³/mol. The molecule has 0 aliphatic carbocycles. The Kier molecular flexibility index (Phi) is 5.45. The standard InChI is InChI=1S/C19H24O3/c1-13-5-7-15(3)18(9-13)21-12-17(11-20)22-19-10-14(2)6-8-16(19)4/h5-10,17,20H,11-12H2,1-4H3. The summed E-state index contributed by atoms with van der Waals surface area (Å²) in [4.78, 5) is 0. The molecule has 0 saturated carbocycles. The average Bonchev–Trinajstić information content (AvgIpc) is 2.50. The van der Waals surface area contributed by atoms with Crippen LogP contribution in [0.25, 0.3) is 0 Å². The third-order valence-electron chi connectivity index (χ3n) is 3.61. The molecule has 0 aliphatic heterocycles. The minimum atomic E-state index is -0.389. The summed E-state index contributed by atoms with van der Waals surface area (Å²) in [5.41, 5.74) is 4.41. The van der Waals surface area contributed by atoms with E-state index in [0.717, 1.165) is 33.8 Å². The highest BCUT2D eigenvalue weighted by Gasteiger charge is 2.13. The van der Waals surface area contributed by atoms with E-state index in [9.17, 15) is 5.11 Å². The zero-order chi connectivity index (χ0) is 16.1. The van der Waals surface area contributed by atoms with Crippen LogP contribution in [-0.2, 0) is 0 Å².